The minimum Gasteiger partial charge on any atom is -0.452 e. The van der Waals surface area contributed by atoms with Crippen LogP contribution in [0.3, 0.4) is 0 Å². The minimum atomic E-state index is -0.696. The Morgan fingerprint density at radius 1 is 1.28 bits per heavy atom. The zero-order valence-electron chi connectivity index (χ0n) is 13.7. The van der Waals surface area contributed by atoms with Crippen molar-refractivity contribution in [3.8, 4) is 0 Å². The smallest absolute Gasteiger partial charge is 0.338 e. The van der Waals surface area contributed by atoms with E-state index in [1.807, 2.05) is 29.8 Å². The van der Waals surface area contributed by atoms with Gasteiger partial charge >= 0.3 is 12.0 Å². The van der Waals surface area contributed by atoms with E-state index < -0.39 is 24.5 Å². The number of hydrogen-bond acceptors (Lipinski definition) is 7. The van der Waals surface area contributed by atoms with E-state index in [0.29, 0.717) is 11.3 Å². The van der Waals surface area contributed by atoms with Gasteiger partial charge in [0.1, 0.15) is 4.34 Å². The van der Waals surface area contributed by atoms with E-state index in [1.165, 1.54) is 18.8 Å². The maximum Gasteiger partial charge on any atom is 0.338 e. The van der Waals surface area contributed by atoms with E-state index in [2.05, 4.69) is 10.3 Å². The molecule has 3 amide bonds. The highest BCUT2D eigenvalue weighted by molar-refractivity contribution is 8.00. The third-order valence-electron chi connectivity index (χ3n) is 3.00. The predicted molar refractivity (Wildman–Crippen MR) is 95.7 cm³/mol. The number of esters is 1. The summed E-state index contributed by atoms with van der Waals surface area (Å²) in [4.78, 5) is 39.1. The van der Waals surface area contributed by atoms with Gasteiger partial charge in [-0.1, -0.05) is 30.0 Å². The number of thiazole rings is 1. The summed E-state index contributed by atoms with van der Waals surface area (Å²) in [5, 5.41) is 6.23. The maximum absolute atomic E-state index is 12.2. The molecule has 9 heteroatoms. The van der Waals surface area contributed by atoms with Crippen LogP contribution in [0.4, 0.5) is 4.79 Å². The van der Waals surface area contributed by atoms with Crippen molar-refractivity contribution in [1.29, 1.82) is 0 Å². The molecule has 132 valence electrons. The number of aryl methyl sites for hydroxylation is 1. The van der Waals surface area contributed by atoms with E-state index in [0.717, 1.165) is 15.6 Å². The molecule has 2 N–H and O–H groups in total. The lowest BCUT2D eigenvalue weighted by Crippen LogP contribution is -2.39. The van der Waals surface area contributed by atoms with Gasteiger partial charge < -0.3 is 10.1 Å². The van der Waals surface area contributed by atoms with Gasteiger partial charge in [0.25, 0.3) is 5.91 Å². The Hall–Kier alpha value is -2.39. The minimum absolute atomic E-state index is 0.385. The Labute approximate surface area is 153 Å². The van der Waals surface area contributed by atoms with Crippen LogP contribution in [-0.4, -0.2) is 36.5 Å². The molecule has 0 spiro atoms. The van der Waals surface area contributed by atoms with Crippen LogP contribution in [0.25, 0.3) is 0 Å². The second kappa shape index (κ2) is 9.19. The third-order valence-corrected chi connectivity index (χ3v) is 5.19. The molecule has 0 aliphatic heterocycles. The second-order valence-corrected chi connectivity index (χ2v) is 6.98. The number of urea groups is 1. The van der Waals surface area contributed by atoms with Gasteiger partial charge in [-0.25, -0.2) is 14.6 Å². The Bertz CT molecular complexity index is 776. The van der Waals surface area contributed by atoms with Crippen molar-refractivity contribution in [3.05, 3.63) is 46.5 Å². The van der Waals surface area contributed by atoms with Crippen molar-refractivity contribution in [2.75, 3.05) is 13.7 Å². The summed E-state index contributed by atoms with van der Waals surface area (Å²) < 4.78 is 5.90. The average Bonchev–Trinajstić information content (AvgIpc) is 3.03. The van der Waals surface area contributed by atoms with Gasteiger partial charge in [-0.05, 0) is 18.6 Å². The Morgan fingerprint density at radius 2 is 2.04 bits per heavy atom. The van der Waals surface area contributed by atoms with Gasteiger partial charge in [0.15, 0.2) is 6.61 Å². The van der Waals surface area contributed by atoms with Crippen LogP contribution in [0.5, 0.6) is 0 Å². The predicted octanol–water partition coefficient (Wildman–Crippen LogP) is 2.36. The lowest BCUT2D eigenvalue weighted by molar-refractivity contribution is -0.123. The number of aromatic nitrogens is 1. The largest absolute Gasteiger partial charge is 0.452 e. The summed E-state index contributed by atoms with van der Waals surface area (Å²) in [7, 11) is 1.38. The molecule has 0 aliphatic carbocycles. The normalized spacial score (nSPS) is 10.2. The topological polar surface area (TPSA) is 97.4 Å². The molecule has 0 bridgehead atoms. The van der Waals surface area contributed by atoms with Crippen LogP contribution in [0.15, 0.2) is 34.0 Å². The van der Waals surface area contributed by atoms with E-state index in [9.17, 15) is 14.4 Å². The summed E-state index contributed by atoms with van der Waals surface area (Å²) >= 11 is 3.08. The molecule has 0 radical (unpaired) electrons. The van der Waals surface area contributed by atoms with Crippen LogP contribution in [0.2, 0.25) is 0 Å². The molecule has 1 heterocycles. The van der Waals surface area contributed by atoms with Crippen molar-refractivity contribution in [2.45, 2.75) is 17.0 Å². The quantitative estimate of drug-likeness (QED) is 0.591. The maximum atomic E-state index is 12.2. The molecular weight excluding hydrogens is 362 g/mol. The number of imide groups is 1. The summed E-state index contributed by atoms with van der Waals surface area (Å²) in [5.41, 5.74) is 2.13. The number of ether oxygens (including phenoxy) is 1. The van der Waals surface area contributed by atoms with Crippen LogP contribution in [0, 0.1) is 6.92 Å². The van der Waals surface area contributed by atoms with Gasteiger partial charge in [0.2, 0.25) is 0 Å². The summed E-state index contributed by atoms with van der Waals surface area (Å²) in [6.45, 7) is 1.40. The number of thioether (sulfide) groups is 1. The zero-order valence-corrected chi connectivity index (χ0v) is 15.3. The molecule has 0 aliphatic rings. The highest BCUT2D eigenvalue weighted by atomic mass is 32.2. The fraction of sp³-hybridized carbons (Fsp3) is 0.250. The van der Waals surface area contributed by atoms with E-state index >= 15 is 0 Å². The Balaban J connectivity index is 1.95. The number of benzene rings is 1. The molecule has 0 saturated carbocycles. The second-order valence-electron chi connectivity index (χ2n) is 4.90. The number of amides is 3. The lowest BCUT2D eigenvalue weighted by atomic mass is 10.1. The van der Waals surface area contributed by atoms with Crippen LogP contribution in [-0.2, 0) is 15.3 Å². The monoisotopic (exact) mass is 379 g/mol. The molecule has 1 aromatic heterocycles. The zero-order chi connectivity index (χ0) is 18.2. The molecular formula is C16H17N3O4S2. The van der Waals surface area contributed by atoms with Crippen molar-refractivity contribution < 1.29 is 19.1 Å². The number of carbonyl (C=O) groups excluding carboxylic acids is 3. The number of nitrogens with one attached hydrogen (secondary N) is 2. The summed E-state index contributed by atoms with van der Waals surface area (Å²) in [6, 6.07) is 6.37. The fourth-order valence-electron chi connectivity index (χ4n) is 1.82. The molecule has 1 aromatic carbocycles. The Morgan fingerprint density at radius 3 is 2.72 bits per heavy atom. The first-order valence-corrected chi connectivity index (χ1v) is 9.17. The van der Waals surface area contributed by atoms with Gasteiger partial charge in [-0.3, -0.25) is 10.1 Å². The number of rotatable bonds is 6. The number of carbonyl (C=O) groups is 3. The summed E-state index contributed by atoms with van der Waals surface area (Å²) in [6.07, 6.45) is 0. The molecule has 0 atom stereocenters. The molecule has 2 aromatic rings. The van der Waals surface area contributed by atoms with Gasteiger partial charge in [-0.2, -0.15) is 0 Å². The lowest BCUT2D eigenvalue weighted by Gasteiger charge is -2.09. The number of hydrogen-bond donors (Lipinski definition) is 2. The number of nitrogens with zero attached hydrogens (tertiary/aromatic N) is 1. The first kappa shape index (κ1) is 18.9. The molecule has 25 heavy (non-hydrogen) atoms. The average molecular weight is 379 g/mol. The fourth-order valence-corrected chi connectivity index (χ4v) is 3.67. The van der Waals surface area contributed by atoms with E-state index in [-0.39, 0.29) is 0 Å². The SMILES string of the molecule is CNC(=O)NC(=O)COC(=O)c1ccccc1CSc1nc(C)cs1. The molecule has 2 rings (SSSR count). The van der Waals surface area contributed by atoms with Gasteiger partial charge in [0.05, 0.1) is 5.56 Å². The third kappa shape index (κ3) is 5.87. The highest BCUT2D eigenvalue weighted by Gasteiger charge is 2.15. The molecule has 0 fully saturated rings. The van der Waals surface area contributed by atoms with Crippen LogP contribution < -0.4 is 10.6 Å². The molecule has 0 saturated heterocycles. The first-order valence-electron chi connectivity index (χ1n) is 7.31. The Kier molecular flexibility index (Phi) is 6.96. The van der Waals surface area contributed by atoms with Crippen molar-refractivity contribution in [1.82, 2.24) is 15.6 Å². The van der Waals surface area contributed by atoms with Crippen molar-refractivity contribution in [3.63, 3.8) is 0 Å². The molecule has 7 nitrogen and oxygen atoms in total. The van der Waals surface area contributed by atoms with Gasteiger partial charge in [0, 0.05) is 23.9 Å². The van der Waals surface area contributed by atoms with Crippen molar-refractivity contribution in [2.24, 2.45) is 0 Å². The van der Waals surface area contributed by atoms with Crippen LogP contribution >= 0.6 is 23.1 Å². The molecule has 0 unspecified atom stereocenters. The van der Waals surface area contributed by atoms with Crippen LogP contribution in [0.1, 0.15) is 21.6 Å². The first-order chi connectivity index (χ1) is 12.0. The van der Waals surface area contributed by atoms with Gasteiger partial charge in [-0.15, -0.1) is 11.3 Å². The van der Waals surface area contributed by atoms with E-state index in [4.69, 9.17) is 4.74 Å². The summed E-state index contributed by atoms with van der Waals surface area (Å²) in [5.74, 6) is -0.751. The highest BCUT2D eigenvalue weighted by Crippen LogP contribution is 2.27. The standard InChI is InChI=1S/C16H17N3O4S2/c1-10-8-24-16(18-10)25-9-11-5-3-4-6-12(11)14(21)23-7-13(20)19-15(22)17-2/h3-6,8H,7,9H2,1-2H3,(H2,17,19,20,22). The van der Waals surface area contributed by atoms with Crippen molar-refractivity contribution >= 4 is 41.0 Å². The van der Waals surface area contributed by atoms with E-state index in [1.54, 1.807) is 23.5 Å².